The van der Waals surface area contributed by atoms with E-state index in [1.165, 1.54) is 12.3 Å². The molecule has 3 N–H and O–H groups in total. The highest BCUT2D eigenvalue weighted by Gasteiger charge is 2.20. The van der Waals surface area contributed by atoms with Crippen molar-refractivity contribution in [2.75, 3.05) is 6.54 Å². The second kappa shape index (κ2) is 8.64. The molecule has 0 bridgehead atoms. The van der Waals surface area contributed by atoms with Gasteiger partial charge in [-0.2, -0.15) is 5.10 Å². The highest BCUT2D eigenvalue weighted by Crippen LogP contribution is 2.21. The molecule has 7 nitrogen and oxygen atoms in total. The number of benzene rings is 2. The van der Waals surface area contributed by atoms with Crippen LogP contribution >= 0.6 is 15.9 Å². The largest absolute Gasteiger partial charge is 0.507 e. The van der Waals surface area contributed by atoms with E-state index in [1.807, 2.05) is 6.92 Å². The Bertz CT molecular complexity index is 981. The highest BCUT2D eigenvalue weighted by atomic mass is 79.9. The van der Waals surface area contributed by atoms with Gasteiger partial charge in [0.05, 0.1) is 17.7 Å². The summed E-state index contributed by atoms with van der Waals surface area (Å²) >= 11 is 3.27. The van der Waals surface area contributed by atoms with Crippen molar-refractivity contribution >= 4 is 38.1 Å². The van der Waals surface area contributed by atoms with Crippen LogP contribution in [0.25, 0.3) is 0 Å². The summed E-state index contributed by atoms with van der Waals surface area (Å²) in [6, 6.07) is 8.31. The summed E-state index contributed by atoms with van der Waals surface area (Å²) in [6.45, 7) is 4.85. The van der Waals surface area contributed by atoms with Crippen molar-refractivity contribution in [1.29, 1.82) is 0 Å². The number of hydrogen-bond donors (Lipinski definition) is 3. The molecule has 0 saturated carbocycles. The van der Waals surface area contributed by atoms with Gasteiger partial charge < -0.3 is 5.11 Å². The van der Waals surface area contributed by atoms with E-state index in [4.69, 9.17) is 0 Å². The molecular formula is C18H20BrN3O4S. The lowest BCUT2D eigenvalue weighted by atomic mass is 10.1. The van der Waals surface area contributed by atoms with Crippen molar-refractivity contribution < 1.29 is 18.3 Å². The smallest absolute Gasteiger partial charge is 0.255 e. The van der Waals surface area contributed by atoms with Gasteiger partial charge in [0.15, 0.2) is 0 Å². The summed E-state index contributed by atoms with van der Waals surface area (Å²) in [5.41, 5.74) is 4.81. The first-order valence-electron chi connectivity index (χ1n) is 7.98. The summed E-state index contributed by atoms with van der Waals surface area (Å²) in [5, 5.41) is 13.4. The zero-order valence-electron chi connectivity index (χ0n) is 15.1. The Morgan fingerprint density at radius 2 is 1.81 bits per heavy atom. The van der Waals surface area contributed by atoms with Gasteiger partial charge in [-0.25, -0.2) is 18.6 Å². The summed E-state index contributed by atoms with van der Waals surface area (Å²) in [6.07, 6.45) is 1.26. The van der Waals surface area contributed by atoms with Gasteiger partial charge in [0.1, 0.15) is 5.75 Å². The number of phenols is 1. The van der Waals surface area contributed by atoms with Gasteiger partial charge in [0, 0.05) is 10.0 Å². The minimum absolute atomic E-state index is 0.00206. The Morgan fingerprint density at radius 3 is 2.44 bits per heavy atom. The molecule has 0 unspecified atom stereocenters. The SMILES string of the molecule is Cc1cc(C)c(S(=O)(=O)NCC(=O)N/N=C/c2cc(Br)ccc2O)c(C)c1. The third-order valence-corrected chi connectivity index (χ3v) is 5.88. The van der Waals surface area contributed by atoms with Crippen molar-refractivity contribution in [3.8, 4) is 5.75 Å². The predicted octanol–water partition coefficient (Wildman–Crippen LogP) is 2.51. The second-order valence-electron chi connectivity index (χ2n) is 6.05. The summed E-state index contributed by atoms with van der Waals surface area (Å²) in [4.78, 5) is 12.0. The number of carbonyl (C=O) groups is 1. The molecule has 2 rings (SSSR count). The molecule has 27 heavy (non-hydrogen) atoms. The molecule has 0 heterocycles. The molecule has 0 spiro atoms. The van der Waals surface area contributed by atoms with E-state index < -0.39 is 22.5 Å². The quantitative estimate of drug-likeness (QED) is 0.461. The number of hydrogen-bond acceptors (Lipinski definition) is 5. The van der Waals surface area contributed by atoms with Gasteiger partial charge in [0.2, 0.25) is 10.0 Å². The number of carbonyl (C=O) groups excluding carboxylic acids is 1. The lowest BCUT2D eigenvalue weighted by molar-refractivity contribution is -0.119. The third kappa shape index (κ3) is 5.62. The van der Waals surface area contributed by atoms with Gasteiger partial charge >= 0.3 is 0 Å². The number of amides is 1. The molecule has 1 amide bonds. The fourth-order valence-electron chi connectivity index (χ4n) is 2.67. The number of aryl methyl sites for hydroxylation is 3. The highest BCUT2D eigenvalue weighted by molar-refractivity contribution is 9.10. The standard InChI is InChI=1S/C18H20BrN3O4S/c1-11-6-12(2)18(13(3)7-11)27(25,26)21-10-17(24)22-20-9-14-8-15(19)4-5-16(14)23/h4-9,21,23H,10H2,1-3H3,(H,22,24)/b20-9+. The fraction of sp³-hybridized carbons (Fsp3) is 0.222. The van der Waals surface area contributed by atoms with E-state index in [0.717, 1.165) is 10.0 Å². The lowest BCUT2D eigenvalue weighted by Gasteiger charge is -2.12. The number of sulfonamides is 1. The summed E-state index contributed by atoms with van der Waals surface area (Å²) in [5.74, 6) is -0.631. The zero-order chi connectivity index (χ0) is 20.2. The second-order valence-corrected chi connectivity index (χ2v) is 8.67. The number of phenolic OH excluding ortho intramolecular Hbond substituents is 1. The third-order valence-electron chi connectivity index (χ3n) is 3.68. The van der Waals surface area contributed by atoms with E-state index >= 15 is 0 Å². The monoisotopic (exact) mass is 453 g/mol. The maximum absolute atomic E-state index is 12.5. The van der Waals surface area contributed by atoms with Crippen LogP contribution in [0.3, 0.4) is 0 Å². The maximum Gasteiger partial charge on any atom is 0.255 e. The Labute approximate surface area is 166 Å². The minimum Gasteiger partial charge on any atom is -0.507 e. The van der Waals surface area contributed by atoms with Crippen molar-refractivity contribution in [2.45, 2.75) is 25.7 Å². The van der Waals surface area contributed by atoms with Crippen LogP contribution in [0.2, 0.25) is 0 Å². The lowest BCUT2D eigenvalue weighted by Crippen LogP contribution is -2.35. The molecule has 0 aliphatic rings. The van der Waals surface area contributed by atoms with Crippen LogP contribution in [0.1, 0.15) is 22.3 Å². The van der Waals surface area contributed by atoms with Crippen LogP contribution in [0, 0.1) is 20.8 Å². The van der Waals surface area contributed by atoms with Crippen molar-refractivity contribution in [3.05, 3.63) is 57.1 Å². The molecule has 0 aliphatic carbocycles. The minimum atomic E-state index is -3.83. The van der Waals surface area contributed by atoms with Crippen LogP contribution in [0.15, 0.2) is 44.8 Å². The van der Waals surface area contributed by atoms with E-state index in [9.17, 15) is 18.3 Å². The molecule has 0 radical (unpaired) electrons. The van der Waals surface area contributed by atoms with Gasteiger partial charge in [-0.05, 0) is 50.1 Å². The van der Waals surface area contributed by atoms with Crippen molar-refractivity contribution in [1.82, 2.24) is 10.1 Å². The fourth-order valence-corrected chi connectivity index (χ4v) is 4.48. The summed E-state index contributed by atoms with van der Waals surface area (Å²) < 4.78 is 28.0. The van der Waals surface area contributed by atoms with Crippen LogP contribution in [0.5, 0.6) is 5.75 Å². The number of rotatable bonds is 6. The van der Waals surface area contributed by atoms with Crippen LogP contribution < -0.4 is 10.1 Å². The molecular weight excluding hydrogens is 434 g/mol. The molecule has 2 aromatic rings. The number of nitrogens with zero attached hydrogens (tertiary/aromatic N) is 1. The normalized spacial score (nSPS) is 11.7. The Kier molecular flexibility index (Phi) is 6.74. The molecule has 9 heteroatoms. The number of halogens is 1. The van der Waals surface area contributed by atoms with E-state index in [0.29, 0.717) is 16.7 Å². The van der Waals surface area contributed by atoms with Crippen LogP contribution in [0.4, 0.5) is 0 Å². The maximum atomic E-state index is 12.5. The van der Waals surface area contributed by atoms with Gasteiger partial charge in [0.25, 0.3) is 5.91 Å². The molecule has 0 saturated heterocycles. The van der Waals surface area contributed by atoms with E-state index in [2.05, 4.69) is 31.2 Å². The Morgan fingerprint density at radius 1 is 1.19 bits per heavy atom. The Balaban J connectivity index is 2.01. The number of aromatic hydroxyl groups is 1. The molecule has 2 aromatic carbocycles. The van der Waals surface area contributed by atoms with Gasteiger partial charge in [-0.3, -0.25) is 4.79 Å². The number of hydrazone groups is 1. The predicted molar refractivity (Wildman–Crippen MR) is 107 cm³/mol. The van der Waals surface area contributed by atoms with E-state index in [1.54, 1.807) is 38.1 Å². The molecule has 0 atom stereocenters. The molecule has 0 aromatic heterocycles. The van der Waals surface area contributed by atoms with Crippen molar-refractivity contribution in [2.24, 2.45) is 5.10 Å². The number of nitrogens with one attached hydrogen (secondary N) is 2. The van der Waals surface area contributed by atoms with Crippen LogP contribution in [-0.2, 0) is 14.8 Å². The van der Waals surface area contributed by atoms with Crippen LogP contribution in [-0.4, -0.2) is 32.2 Å². The molecule has 144 valence electrons. The summed E-state index contributed by atoms with van der Waals surface area (Å²) in [7, 11) is -3.83. The van der Waals surface area contributed by atoms with E-state index in [-0.39, 0.29) is 10.6 Å². The first-order chi connectivity index (χ1) is 12.6. The van der Waals surface area contributed by atoms with Gasteiger partial charge in [-0.15, -0.1) is 0 Å². The first kappa shape index (κ1) is 21.1. The average molecular weight is 454 g/mol. The Hall–Kier alpha value is -2.23. The molecule has 0 fully saturated rings. The first-order valence-corrected chi connectivity index (χ1v) is 10.3. The van der Waals surface area contributed by atoms with Crippen molar-refractivity contribution in [3.63, 3.8) is 0 Å². The zero-order valence-corrected chi connectivity index (χ0v) is 17.5. The van der Waals surface area contributed by atoms with Gasteiger partial charge in [-0.1, -0.05) is 33.6 Å². The molecule has 0 aliphatic heterocycles. The topological polar surface area (TPSA) is 108 Å². The average Bonchev–Trinajstić information content (AvgIpc) is 2.55.